The number of benzene rings is 1. The number of hydrogen-bond donors (Lipinski definition) is 5. The number of aromatic amines is 1. The normalized spacial score (nSPS) is 14.6. The van der Waals surface area contributed by atoms with E-state index in [1.807, 2.05) is 13.0 Å². The molecule has 1 aromatic heterocycles. The van der Waals surface area contributed by atoms with E-state index < -0.39 is 6.04 Å². The molecule has 0 radical (unpaired) electrons. The van der Waals surface area contributed by atoms with Gasteiger partial charge in [-0.05, 0) is 43.7 Å². The van der Waals surface area contributed by atoms with Gasteiger partial charge in [-0.1, -0.05) is 18.7 Å². The minimum absolute atomic E-state index is 0.0807. The Morgan fingerprint density at radius 2 is 2.06 bits per heavy atom. The van der Waals surface area contributed by atoms with Gasteiger partial charge in [0.2, 0.25) is 5.91 Å². The Kier molecular flexibility index (Phi) is 8.30. The van der Waals surface area contributed by atoms with E-state index in [1.54, 1.807) is 44.5 Å². The number of H-pyrrole nitrogens is 1. The Bertz CT molecular complexity index is 937. The molecular weight excluding hydrogens is 396 g/mol. The summed E-state index contributed by atoms with van der Waals surface area (Å²) in [5.74, 6) is 0.0425. The van der Waals surface area contributed by atoms with Crippen LogP contribution in [0.5, 0.6) is 5.75 Å². The van der Waals surface area contributed by atoms with E-state index in [2.05, 4.69) is 11.6 Å². The van der Waals surface area contributed by atoms with Gasteiger partial charge in [0.05, 0.1) is 18.8 Å². The number of nitrogens with zero attached hydrogens (tertiary/aromatic N) is 1. The lowest BCUT2D eigenvalue weighted by molar-refractivity contribution is -0.128. The van der Waals surface area contributed by atoms with Crippen LogP contribution in [-0.2, 0) is 9.53 Å². The number of aromatic hydroxyl groups is 1. The summed E-state index contributed by atoms with van der Waals surface area (Å²) in [5.41, 5.74) is 14.7. The Labute approximate surface area is 182 Å². The van der Waals surface area contributed by atoms with Gasteiger partial charge in [0.15, 0.2) is 0 Å². The van der Waals surface area contributed by atoms with Gasteiger partial charge >= 0.3 is 0 Å². The number of methoxy groups -OCH3 is 1. The Morgan fingerprint density at radius 1 is 1.39 bits per heavy atom. The minimum atomic E-state index is -0.428. The number of carbonyl (C=O) groups excluding carboxylic acids is 1. The predicted octanol–water partition coefficient (Wildman–Crippen LogP) is 2.27. The first-order valence-electron chi connectivity index (χ1n) is 10.00. The molecule has 8 nitrogen and oxygen atoms in total. The van der Waals surface area contributed by atoms with Gasteiger partial charge in [0.1, 0.15) is 11.6 Å². The first kappa shape index (κ1) is 24.0. The summed E-state index contributed by atoms with van der Waals surface area (Å²) < 4.78 is 5.55. The molecule has 1 amide bonds. The van der Waals surface area contributed by atoms with E-state index in [0.29, 0.717) is 29.1 Å². The van der Waals surface area contributed by atoms with Crippen molar-refractivity contribution in [1.82, 2.24) is 9.88 Å². The summed E-state index contributed by atoms with van der Waals surface area (Å²) in [6.45, 7) is 5.22. The van der Waals surface area contributed by atoms with Gasteiger partial charge in [0, 0.05) is 42.6 Å². The molecule has 0 aliphatic heterocycles. The number of carbonyl (C=O) groups is 1. The molecule has 0 aliphatic rings. The standard InChI is InChI=1S/C23H32N4O4/c1-5-22(30)27(3)16(13-28)12-18(14(2)31-4)20-11-15(23(25)26-20)10-19(24)17-8-6-7-9-21(17)29/h5-11,14,16,18,26,28-29H,1,12-13,24-25H2,2-4H3/b19-10-. The molecule has 8 heteroatoms. The van der Waals surface area contributed by atoms with Crippen molar-refractivity contribution >= 4 is 23.5 Å². The number of nitrogen functional groups attached to an aromatic ring is 1. The van der Waals surface area contributed by atoms with Crippen LogP contribution in [0.25, 0.3) is 11.8 Å². The number of anilines is 1. The van der Waals surface area contributed by atoms with E-state index in [-0.39, 0.29) is 30.3 Å². The third kappa shape index (κ3) is 5.68. The number of aromatic nitrogens is 1. The molecule has 168 valence electrons. The molecule has 3 atom stereocenters. The second kappa shape index (κ2) is 10.7. The Morgan fingerprint density at radius 3 is 2.65 bits per heavy atom. The lowest BCUT2D eigenvalue weighted by Gasteiger charge is -2.31. The molecule has 31 heavy (non-hydrogen) atoms. The molecule has 0 aliphatic carbocycles. The summed E-state index contributed by atoms with van der Waals surface area (Å²) in [4.78, 5) is 16.6. The second-order valence-electron chi connectivity index (χ2n) is 7.48. The number of hydrogen-bond acceptors (Lipinski definition) is 6. The van der Waals surface area contributed by atoms with Crippen LogP contribution in [0.15, 0.2) is 43.0 Å². The van der Waals surface area contributed by atoms with E-state index in [4.69, 9.17) is 16.2 Å². The zero-order valence-electron chi connectivity index (χ0n) is 18.2. The molecule has 0 saturated carbocycles. The number of ether oxygens (including phenoxy) is 1. The fraction of sp³-hybridized carbons (Fsp3) is 0.348. The SMILES string of the molecule is C=CC(=O)N(C)C(CO)CC(c1cc(/C=C(\N)c2ccccc2O)c(N)[nH]1)C(C)OC. The Hall–Kier alpha value is -3.23. The average Bonchev–Trinajstić information content (AvgIpc) is 3.12. The van der Waals surface area contributed by atoms with E-state index in [0.717, 1.165) is 5.69 Å². The maximum atomic E-state index is 12.0. The summed E-state index contributed by atoms with van der Waals surface area (Å²) in [7, 11) is 3.23. The van der Waals surface area contributed by atoms with E-state index in [9.17, 15) is 15.0 Å². The van der Waals surface area contributed by atoms with Crippen molar-refractivity contribution in [2.24, 2.45) is 5.73 Å². The third-order valence-electron chi connectivity index (χ3n) is 5.57. The molecule has 0 saturated heterocycles. The van der Waals surface area contributed by atoms with Crippen molar-refractivity contribution in [2.45, 2.75) is 31.4 Å². The lowest BCUT2D eigenvalue weighted by Crippen LogP contribution is -2.40. The van der Waals surface area contributed by atoms with Crippen molar-refractivity contribution < 1.29 is 19.7 Å². The number of phenols is 1. The number of aliphatic hydroxyl groups is 1. The summed E-state index contributed by atoms with van der Waals surface area (Å²) in [6, 6.07) is 8.23. The molecule has 2 rings (SSSR count). The largest absolute Gasteiger partial charge is 0.507 e. The van der Waals surface area contributed by atoms with Crippen LogP contribution in [0.2, 0.25) is 0 Å². The molecule has 0 fully saturated rings. The van der Waals surface area contributed by atoms with Crippen LogP contribution in [0.1, 0.15) is 36.1 Å². The van der Waals surface area contributed by atoms with Crippen molar-refractivity contribution in [3.63, 3.8) is 0 Å². The number of likely N-dealkylation sites (N-methyl/N-ethyl adjacent to an activating group) is 1. The van der Waals surface area contributed by atoms with Gasteiger partial charge in [-0.2, -0.15) is 0 Å². The number of rotatable bonds is 10. The number of para-hydroxylation sites is 1. The molecule has 0 bridgehead atoms. The molecule has 1 heterocycles. The fourth-order valence-corrected chi connectivity index (χ4v) is 3.50. The highest BCUT2D eigenvalue weighted by molar-refractivity contribution is 5.87. The van der Waals surface area contributed by atoms with Gasteiger partial charge in [0.25, 0.3) is 0 Å². The number of aliphatic hydroxyl groups excluding tert-OH is 1. The van der Waals surface area contributed by atoms with Crippen molar-refractivity contribution in [3.8, 4) is 5.75 Å². The first-order chi connectivity index (χ1) is 14.7. The van der Waals surface area contributed by atoms with Crippen LogP contribution in [0.4, 0.5) is 5.82 Å². The molecule has 3 unspecified atom stereocenters. The van der Waals surface area contributed by atoms with Gasteiger partial charge in [-0.25, -0.2) is 0 Å². The molecular formula is C23H32N4O4. The van der Waals surface area contributed by atoms with Crippen LogP contribution < -0.4 is 11.5 Å². The zero-order chi connectivity index (χ0) is 23.1. The summed E-state index contributed by atoms with van der Waals surface area (Å²) in [5, 5.41) is 19.9. The lowest BCUT2D eigenvalue weighted by atomic mass is 9.91. The topological polar surface area (TPSA) is 138 Å². The van der Waals surface area contributed by atoms with E-state index >= 15 is 0 Å². The monoisotopic (exact) mass is 428 g/mol. The van der Waals surface area contributed by atoms with Crippen molar-refractivity contribution in [2.75, 3.05) is 26.5 Å². The predicted molar refractivity (Wildman–Crippen MR) is 123 cm³/mol. The highest BCUT2D eigenvalue weighted by Crippen LogP contribution is 2.32. The number of phenolic OH excluding ortho intramolecular Hbond substituents is 1. The second-order valence-corrected chi connectivity index (χ2v) is 7.48. The number of nitrogens with two attached hydrogens (primary N) is 2. The van der Waals surface area contributed by atoms with Crippen molar-refractivity contribution in [1.29, 1.82) is 0 Å². The first-order valence-corrected chi connectivity index (χ1v) is 10.00. The maximum absolute atomic E-state index is 12.0. The van der Waals surface area contributed by atoms with Gasteiger partial charge < -0.3 is 36.3 Å². The molecule has 7 N–H and O–H groups in total. The minimum Gasteiger partial charge on any atom is -0.507 e. The highest BCUT2D eigenvalue weighted by Gasteiger charge is 2.28. The van der Waals surface area contributed by atoms with Gasteiger partial charge in [-0.15, -0.1) is 0 Å². The van der Waals surface area contributed by atoms with Gasteiger partial charge in [-0.3, -0.25) is 4.79 Å². The van der Waals surface area contributed by atoms with Crippen LogP contribution >= 0.6 is 0 Å². The Balaban J connectivity index is 2.37. The molecule has 2 aromatic rings. The van der Waals surface area contributed by atoms with Crippen LogP contribution in [0.3, 0.4) is 0 Å². The van der Waals surface area contributed by atoms with Crippen LogP contribution in [-0.4, -0.2) is 58.9 Å². The van der Waals surface area contributed by atoms with Crippen LogP contribution in [0, 0.1) is 0 Å². The average molecular weight is 429 g/mol. The highest BCUT2D eigenvalue weighted by atomic mass is 16.5. The summed E-state index contributed by atoms with van der Waals surface area (Å²) >= 11 is 0. The number of nitrogens with one attached hydrogen (secondary N) is 1. The smallest absolute Gasteiger partial charge is 0.246 e. The maximum Gasteiger partial charge on any atom is 0.246 e. The molecule has 1 aromatic carbocycles. The fourth-order valence-electron chi connectivity index (χ4n) is 3.50. The zero-order valence-corrected chi connectivity index (χ0v) is 18.2. The van der Waals surface area contributed by atoms with E-state index in [1.165, 1.54) is 11.0 Å². The summed E-state index contributed by atoms with van der Waals surface area (Å²) in [6.07, 6.45) is 3.14. The molecule has 0 spiro atoms. The third-order valence-corrected chi connectivity index (χ3v) is 5.57. The number of amides is 1. The quantitative estimate of drug-likeness (QED) is 0.368. The van der Waals surface area contributed by atoms with Crippen molar-refractivity contribution in [3.05, 3.63) is 59.8 Å².